The first-order valence-electron chi connectivity index (χ1n) is 8.42. The molecule has 0 spiro atoms. The van der Waals surface area contributed by atoms with Crippen molar-refractivity contribution in [3.63, 3.8) is 0 Å². The molecule has 0 saturated heterocycles. The van der Waals surface area contributed by atoms with E-state index in [1.54, 1.807) is 11.9 Å². The van der Waals surface area contributed by atoms with Gasteiger partial charge in [-0.15, -0.1) is 0 Å². The van der Waals surface area contributed by atoms with Crippen molar-refractivity contribution < 1.29 is 9.32 Å². The van der Waals surface area contributed by atoms with Gasteiger partial charge in [0.2, 0.25) is 5.89 Å². The molecule has 2 heterocycles. The number of nitrogens with zero attached hydrogens (tertiary/aromatic N) is 4. The summed E-state index contributed by atoms with van der Waals surface area (Å²) in [4.78, 5) is 18.4. The highest BCUT2D eigenvalue weighted by Crippen LogP contribution is 2.11. The van der Waals surface area contributed by atoms with E-state index in [0.717, 1.165) is 24.9 Å². The standard InChI is InChI=1S/C19H22N4O2/c1-3-6-17-20-18(25-21-17)14-22(2)19(24)16-9-7-15(8-10-16)13-23-11-4-5-12-23/h4-5,7-12H,3,6,13-14H2,1-2H3. The van der Waals surface area contributed by atoms with E-state index in [2.05, 4.69) is 21.6 Å². The molecule has 0 atom stereocenters. The highest BCUT2D eigenvalue weighted by molar-refractivity contribution is 5.94. The molecule has 0 aliphatic rings. The normalized spacial score (nSPS) is 10.8. The molecule has 2 aromatic heterocycles. The molecule has 0 aliphatic heterocycles. The van der Waals surface area contributed by atoms with Gasteiger partial charge in [0.25, 0.3) is 5.91 Å². The predicted molar refractivity (Wildman–Crippen MR) is 94.1 cm³/mol. The maximum atomic E-state index is 12.5. The first-order chi connectivity index (χ1) is 12.2. The van der Waals surface area contributed by atoms with Gasteiger partial charge in [-0.1, -0.05) is 24.2 Å². The lowest BCUT2D eigenvalue weighted by molar-refractivity contribution is 0.0769. The molecule has 1 aromatic carbocycles. The van der Waals surface area contributed by atoms with Gasteiger partial charge in [-0.3, -0.25) is 4.79 Å². The Morgan fingerprint density at radius 3 is 2.60 bits per heavy atom. The van der Waals surface area contributed by atoms with E-state index in [9.17, 15) is 4.79 Å². The SMILES string of the molecule is CCCc1noc(CN(C)C(=O)c2ccc(Cn3cccc3)cc2)n1. The average Bonchev–Trinajstić information content (AvgIpc) is 3.27. The molecular weight excluding hydrogens is 316 g/mol. The summed E-state index contributed by atoms with van der Waals surface area (Å²) in [6.45, 7) is 3.16. The summed E-state index contributed by atoms with van der Waals surface area (Å²) in [5.74, 6) is 1.08. The van der Waals surface area contributed by atoms with Crippen LogP contribution in [0.15, 0.2) is 53.3 Å². The molecule has 0 saturated carbocycles. The number of amides is 1. The van der Waals surface area contributed by atoms with Crippen molar-refractivity contribution >= 4 is 5.91 Å². The van der Waals surface area contributed by atoms with Crippen molar-refractivity contribution in [1.82, 2.24) is 19.6 Å². The van der Waals surface area contributed by atoms with Crippen LogP contribution in [0.2, 0.25) is 0 Å². The fraction of sp³-hybridized carbons (Fsp3) is 0.316. The molecule has 3 aromatic rings. The second-order valence-corrected chi connectivity index (χ2v) is 6.07. The third-order valence-corrected chi connectivity index (χ3v) is 3.94. The summed E-state index contributed by atoms with van der Waals surface area (Å²) in [7, 11) is 1.74. The van der Waals surface area contributed by atoms with Crippen LogP contribution in [0.1, 0.15) is 41.0 Å². The van der Waals surface area contributed by atoms with E-state index >= 15 is 0 Å². The fourth-order valence-corrected chi connectivity index (χ4v) is 2.61. The van der Waals surface area contributed by atoms with Crippen molar-refractivity contribution in [2.75, 3.05) is 7.05 Å². The molecule has 3 rings (SSSR count). The summed E-state index contributed by atoms with van der Waals surface area (Å²) in [6, 6.07) is 11.7. The van der Waals surface area contributed by atoms with Crippen LogP contribution in [0.25, 0.3) is 0 Å². The van der Waals surface area contributed by atoms with Crippen LogP contribution in [-0.4, -0.2) is 32.6 Å². The number of carbonyl (C=O) groups excluding carboxylic acids is 1. The number of benzene rings is 1. The molecule has 1 amide bonds. The van der Waals surface area contributed by atoms with Gasteiger partial charge in [0, 0.05) is 38.0 Å². The number of aryl methyl sites for hydroxylation is 1. The van der Waals surface area contributed by atoms with Gasteiger partial charge < -0.3 is 14.0 Å². The number of aromatic nitrogens is 3. The zero-order valence-electron chi connectivity index (χ0n) is 14.6. The van der Waals surface area contributed by atoms with E-state index < -0.39 is 0 Å². The van der Waals surface area contributed by atoms with Crippen LogP contribution in [0.5, 0.6) is 0 Å². The zero-order valence-corrected chi connectivity index (χ0v) is 14.6. The maximum absolute atomic E-state index is 12.5. The number of hydrogen-bond donors (Lipinski definition) is 0. The van der Waals surface area contributed by atoms with Gasteiger partial charge in [-0.05, 0) is 36.2 Å². The fourth-order valence-electron chi connectivity index (χ4n) is 2.61. The van der Waals surface area contributed by atoms with Crippen molar-refractivity contribution in [2.45, 2.75) is 32.9 Å². The monoisotopic (exact) mass is 338 g/mol. The lowest BCUT2D eigenvalue weighted by Crippen LogP contribution is -2.26. The molecular formula is C19H22N4O2. The third-order valence-electron chi connectivity index (χ3n) is 3.94. The number of carbonyl (C=O) groups is 1. The van der Waals surface area contributed by atoms with E-state index in [1.165, 1.54) is 0 Å². The van der Waals surface area contributed by atoms with E-state index in [-0.39, 0.29) is 5.91 Å². The predicted octanol–water partition coefficient (Wildman–Crippen LogP) is 3.14. The Balaban J connectivity index is 1.61. The van der Waals surface area contributed by atoms with Gasteiger partial charge in [-0.2, -0.15) is 4.98 Å². The van der Waals surface area contributed by atoms with Gasteiger partial charge in [0.1, 0.15) is 0 Å². The van der Waals surface area contributed by atoms with Crippen molar-refractivity contribution in [3.8, 4) is 0 Å². The largest absolute Gasteiger partial charge is 0.350 e. The minimum Gasteiger partial charge on any atom is -0.350 e. The van der Waals surface area contributed by atoms with Crippen molar-refractivity contribution in [2.24, 2.45) is 0 Å². The van der Waals surface area contributed by atoms with Crippen molar-refractivity contribution in [1.29, 1.82) is 0 Å². The van der Waals surface area contributed by atoms with E-state index in [4.69, 9.17) is 4.52 Å². The molecule has 0 radical (unpaired) electrons. The van der Waals surface area contributed by atoms with Crippen LogP contribution in [0.4, 0.5) is 0 Å². The topological polar surface area (TPSA) is 64.2 Å². The maximum Gasteiger partial charge on any atom is 0.254 e. The summed E-state index contributed by atoms with van der Waals surface area (Å²) in [5.41, 5.74) is 1.79. The average molecular weight is 338 g/mol. The highest BCUT2D eigenvalue weighted by Gasteiger charge is 2.15. The summed E-state index contributed by atoms with van der Waals surface area (Å²) in [6.07, 6.45) is 5.78. The molecule has 0 bridgehead atoms. The van der Waals surface area contributed by atoms with Gasteiger partial charge in [0.15, 0.2) is 5.82 Å². The molecule has 25 heavy (non-hydrogen) atoms. The minimum atomic E-state index is -0.0669. The van der Waals surface area contributed by atoms with Gasteiger partial charge >= 0.3 is 0 Å². The van der Waals surface area contributed by atoms with Crippen LogP contribution >= 0.6 is 0 Å². The Kier molecular flexibility index (Phi) is 5.28. The molecule has 6 heteroatoms. The van der Waals surface area contributed by atoms with E-state index in [0.29, 0.717) is 23.8 Å². The molecule has 0 aliphatic carbocycles. The summed E-state index contributed by atoms with van der Waals surface area (Å²) >= 11 is 0. The number of hydrogen-bond acceptors (Lipinski definition) is 4. The zero-order chi connectivity index (χ0) is 17.6. The number of rotatable bonds is 7. The molecule has 6 nitrogen and oxygen atoms in total. The Labute approximate surface area is 147 Å². The third kappa shape index (κ3) is 4.35. The Morgan fingerprint density at radius 1 is 1.20 bits per heavy atom. The van der Waals surface area contributed by atoms with Gasteiger partial charge in [0.05, 0.1) is 6.54 Å². The van der Waals surface area contributed by atoms with Gasteiger partial charge in [-0.25, -0.2) is 0 Å². The van der Waals surface area contributed by atoms with E-state index in [1.807, 2.05) is 48.8 Å². The Bertz CT molecular complexity index is 806. The first kappa shape index (κ1) is 17.0. The smallest absolute Gasteiger partial charge is 0.254 e. The van der Waals surface area contributed by atoms with Crippen LogP contribution in [0, 0.1) is 0 Å². The van der Waals surface area contributed by atoms with Crippen LogP contribution in [0.3, 0.4) is 0 Å². The quantitative estimate of drug-likeness (QED) is 0.664. The molecule has 0 fully saturated rings. The lowest BCUT2D eigenvalue weighted by Gasteiger charge is -2.15. The Hall–Kier alpha value is -2.89. The van der Waals surface area contributed by atoms with Crippen molar-refractivity contribution in [3.05, 3.63) is 71.6 Å². The van der Waals surface area contributed by atoms with Crippen LogP contribution in [-0.2, 0) is 19.5 Å². The Morgan fingerprint density at radius 2 is 1.92 bits per heavy atom. The molecule has 0 unspecified atom stereocenters. The molecule has 0 N–H and O–H groups in total. The lowest BCUT2D eigenvalue weighted by atomic mass is 10.1. The second kappa shape index (κ2) is 7.79. The van der Waals surface area contributed by atoms with Crippen LogP contribution < -0.4 is 0 Å². The highest BCUT2D eigenvalue weighted by atomic mass is 16.5. The first-order valence-corrected chi connectivity index (χ1v) is 8.42. The summed E-state index contributed by atoms with van der Waals surface area (Å²) in [5, 5.41) is 3.91. The minimum absolute atomic E-state index is 0.0669. The molecule has 130 valence electrons. The second-order valence-electron chi connectivity index (χ2n) is 6.07. The summed E-state index contributed by atoms with van der Waals surface area (Å²) < 4.78 is 7.28.